The minimum Gasteiger partial charge on any atom is -0.462 e. The summed E-state index contributed by atoms with van der Waals surface area (Å²) >= 11 is 0. The average molecular weight is 1490 g/mol. The van der Waals surface area contributed by atoms with Crippen molar-refractivity contribution in [2.45, 2.75) is 290 Å². The molecule has 0 aromatic rings. The van der Waals surface area contributed by atoms with Crippen molar-refractivity contribution < 1.29 is 80.2 Å². The molecule has 0 rings (SSSR count). The molecule has 5 unspecified atom stereocenters. The number of phosphoric acid groups is 2. The maximum Gasteiger partial charge on any atom is 0.472 e. The van der Waals surface area contributed by atoms with Crippen LogP contribution in [0.4, 0.5) is 0 Å². The maximum absolute atomic E-state index is 13.1. The van der Waals surface area contributed by atoms with Crippen LogP contribution in [0.25, 0.3) is 0 Å². The van der Waals surface area contributed by atoms with Crippen LogP contribution in [0.1, 0.15) is 272 Å². The van der Waals surface area contributed by atoms with Crippen molar-refractivity contribution in [3.8, 4) is 0 Å². The quantitative estimate of drug-likeness (QED) is 0.0169. The Balaban J connectivity index is 5.49. The number of allylic oxidation sites excluding steroid dienone is 30. The Morgan fingerprint density at radius 1 is 0.279 bits per heavy atom. The number of ether oxygens (including phenoxy) is 4. The monoisotopic (exact) mass is 1490 g/mol. The van der Waals surface area contributed by atoms with E-state index in [2.05, 4.69) is 210 Å². The van der Waals surface area contributed by atoms with E-state index in [4.69, 9.17) is 37.0 Å². The molecule has 0 radical (unpaired) electrons. The Morgan fingerprint density at radius 3 is 0.798 bits per heavy atom. The predicted molar refractivity (Wildman–Crippen MR) is 426 cm³/mol. The van der Waals surface area contributed by atoms with Crippen LogP contribution in [-0.2, 0) is 65.4 Å². The van der Waals surface area contributed by atoms with E-state index < -0.39 is 97.5 Å². The van der Waals surface area contributed by atoms with Crippen LogP contribution in [0.5, 0.6) is 0 Å². The zero-order chi connectivity index (χ0) is 76.0. The maximum atomic E-state index is 13.1. The number of carbonyl (C=O) groups is 4. The largest absolute Gasteiger partial charge is 0.472 e. The van der Waals surface area contributed by atoms with Crippen LogP contribution in [0.2, 0.25) is 0 Å². The fourth-order valence-electron chi connectivity index (χ4n) is 9.49. The van der Waals surface area contributed by atoms with Crippen molar-refractivity contribution in [2.24, 2.45) is 0 Å². The number of rotatable bonds is 71. The van der Waals surface area contributed by atoms with Gasteiger partial charge >= 0.3 is 39.5 Å². The standard InChI is InChI=1S/C85H136O17P2/c1-5-9-13-17-21-25-29-33-37-38-39-40-44-46-50-54-58-62-66-70-83(88)96-76-81(102-85(90)72-68-64-60-56-52-48-43-36-32-28-24-20-16-12-8-4)78-100-104(93,94)98-74-79(86)73-97-103(91,92)99-77-80(101-84(89)71-67-63-59-55-51-47-42-35-31-27-23-19-15-11-7-3)75-95-82(87)69-65-61-57-53-49-45-41-34-30-26-22-18-14-10-6-2/h9-10,12-14,16,21-28,33-37,39-43,46,49-50,52-53,56,79-81,86H,5-8,11,15,17-20,29-32,38,44-45,47-48,51,54-55,57-78H2,1-4H3,(H,91,92)(H,93,94)/b13-9-,14-10-,16-12-,25-21-,26-22-,27-23-,28-24-,37-33-,40-39-,41-34-,42-35-,43-36-,50-46-,53-49-,56-52-. The zero-order valence-corrected chi connectivity index (χ0v) is 65.9. The number of esters is 4. The molecule has 0 aromatic carbocycles. The van der Waals surface area contributed by atoms with Crippen molar-refractivity contribution in [2.75, 3.05) is 39.6 Å². The summed E-state index contributed by atoms with van der Waals surface area (Å²) in [7, 11) is -10.0. The van der Waals surface area contributed by atoms with Gasteiger partial charge in [0, 0.05) is 25.7 Å². The van der Waals surface area contributed by atoms with E-state index in [1.807, 2.05) is 0 Å². The van der Waals surface area contributed by atoms with E-state index in [1.165, 1.54) is 19.3 Å². The second-order valence-corrected chi connectivity index (χ2v) is 28.1. The Kier molecular flexibility index (Phi) is 71.2. The molecule has 17 nitrogen and oxygen atoms in total. The number of hydrogen-bond donors (Lipinski definition) is 3. The fourth-order valence-corrected chi connectivity index (χ4v) is 11.1. The number of aliphatic hydroxyl groups excluding tert-OH is 1. The molecule has 0 aromatic heterocycles. The summed E-state index contributed by atoms with van der Waals surface area (Å²) in [5, 5.41) is 10.6. The van der Waals surface area contributed by atoms with Crippen LogP contribution in [0, 0.1) is 0 Å². The summed E-state index contributed by atoms with van der Waals surface area (Å²) in [6, 6.07) is 0. The molecule has 0 saturated heterocycles. The summed E-state index contributed by atoms with van der Waals surface area (Å²) in [5.41, 5.74) is 0. The third-order valence-corrected chi connectivity index (χ3v) is 17.2. The van der Waals surface area contributed by atoms with Gasteiger partial charge in [0.1, 0.15) is 19.3 Å². The summed E-state index contributed by atoms with van der Waals surface area (Å²) in [4.78, 5) is 73.0. The molecule has 0 bridgehead atoms. The molecule has 3 N–H and O–H groups in total. The lowest BCUT2D eigenvalue weighted by molar-refractivity contribution is -0.161. The van der Waals surface area contributed by atoms with Crippen molar-refractivity contribution in [1.29, 1.82) is 0 Å². The summed E-state index contributed by atoms with van der Waals surface area (Å²) in [6.45, 7) is 4.32. The Labute approximate surface area is 628 Å². The number of aliphatic hydroxyl groups is 1. The average Bonchev–Trinajstić information content (AvgIpc) is 0.918. The number of hydrogen-bond acceptors (Lipinski definition) is 15. The summed E-state index contributed by atoms with van der Waals surface area (Å²) < 4.78 is 68.4. The normalized spacial score (nSPS) is 14.9. The highest BCUT2D eigenvalue weighted by Crippen LogP contribution is 2.45. The Morgan fingerprint density at radius 2 is 0.500 bits per heavy atom. The van der Waals surface area contributed by atoms with Gasteiger partial charge in [-0.15, -0.1) is 0 Å². The van der Waals surface area contributed by atoms with Crippen LogP contribution < -0.4 is 0 Å². The Bertz CT molecular complexity index is 2690. The number of unbranched alkanes of at least 4 members (excludes halogenated alkanes) is 15. The molecule has 0 aliphatic rings. The van der Waals surface area contributed by atoms with Gasteiger partial charge in [-0.05, 0) is 180 Å². The second kappa shape index (κ2) is 75.4. The van der Waals surface area contributed by atoms with E-state index >= 15 is 0 Å². The highest BCUT2D eigenvalue weighted by atomic mass is 31.2. The lowest BCUT2D eigenvalue weighted by atomic mass is 10.1. The van der Waals surface area contributed by atoms with Crippen LogP contribution in [0.3, 0.4) is 0 Å². The van der Waals surface area contributed by atoms with E-state index in [9.17, 15) is 43.2 Å². The number of carbonyl (C=O) groups excluding carboxylic acids is 4. The topological polar surface area (TPSA) is 237 Å². The third kappa shape index (κ3) is 74.4. The molecule has 0 aliphatic heterocycles. The lowest BCUT2D eigenvalue weighted by Crippen LogP contribution is -2.30. The molecule has 0 spiro atoms. The van der Waals surface area contributed by atoms with Gasteiger partial charge in [0.25, 0.3) is 0 Å². The molecule has 104 heavy (non-hydrogen) atoms. The summed E-state index contributed by atoms with van der Waals surface area (Å²) in [5.74, 6) is -2.34. The number of phosphoric ester groups is 2. The van der Waals surface area contributed by atoms with Crippen molar-refractivity contribution >= 4 is 39.5 Å². The SMILES string of the molecule is CC/C=C\C/C=C\C/C=C\C/C=C\C/C=C\CCCCCC(=O)OCC(COP(=O)(O)OCC(O)COP(=O)(O)OCC(COC(=O)CCCC/C=C\C/C=C\C/C=C\C/C=C\CC)OC(=O)CCCCCCC/C=C\C/C=C\CCCCC)OC(=O)CCCC/C=C\C/C=C\C/C=C\C/C=C\CC. The molecule has 0 heterocycles. The van der Waals surface area contributed by atoms with Crippen LogP contribution in [0.15, 0.2) is 182 Å². The molecular weight excluding hydrogens is 1350 g/mol. The first-order valence-electron chi connectivity index (χ1n) is 39.0. The van der Waals surface area contributed by atoms with Crippen LogP contribution in [-0.4, -0.2) is 96.7 Å². The van der Waals surface area contributed by atoms with Gasteiger partial charge in [-0.2, -0.15) is 0 Å². The molecule has 19 heteroatoms. The van der Waals surface area contributed by atoms with E-state index in [1.54, 1.807) is 0 Å². The van der Waals surface area contributed by atoms with Gasteiger partial charge in [-0.1, -0.05) is 249 Å². The van der Waals surface area contributed by atoms with Gasteiger partial charge in [0.05, 0.1) is 26.4 Å². The first-order chi connectivity index (χ1) is 50.7. The second-order valence-electron chi connectivity index (χ2n) is 25.1. The molecule has 0 amide bonds. The predicted octanol–water partition coefficient (Wildman–Crippen LogP) is 22.8. The minimum atomic E-state index is -5.01. The van der Waals surface area contributed by atoms with Crippen molar-refractivity contribution in [3.63, 3.8) is 0 Å². The van der Waals surface area contributed by atoms with Gasteiger partial charge < -0.3 is 33.8 Å². The van der Waals surface area contributed by atoms with Gasteiger partial charge in [0.15, 0.2) is 12.2 Å². The van der Waals surface area contributed by atoms with Crippen molar-refractivity contribution in [1.82, 2.24) is 0 Å². The van der Waals surface area contributed by atoms with E-state index in [-0.39, 0.29) is 25.7 Å². The van der Waals surface area contributed by atoms with E-state index in [0.717, 1.165) is 167 Å². The molecular formula is C85H136O17P2. The first kappa shape index (κ1) is 98.2. The minimum absolute atomic E-state index is 0.0264. The van der Waals surface area contributed by atoms with Crippen LogP contribution >= 0.6 is 15.6 Å². The molecule has 5 atom stereocenters. The fraction of sp³-hybridized carbons (Fsp3) is 0.600. The smallest absolute Gasteiger partial charge is 0.462 e. The Hall–Kier alpha value is -5.84. The molecule has 0 saturated carbocycles. The zero-order valence-electron chi connectivity index (χ0n) is 64.1. The lowest BCUT2D eigenvalue weighted by Gasteiger charge is -2.21. The highest BCUT2D eigenvalue weighted by molar-refractivity contribution is 7.47. The highest BCUT2D eigenvalue weighted by Gasteiger charge is 2.30. The van der Waals surface area contributed by atoms with Gasteiger partial charge in [0.2, 0.25) is 0 Å². The molecule has 0 aliphatic carbocycles. The molecule has 0 fully saturated rings. The van der Waals surface area contributed by atoms with E-state index in [0.29, 0.717) is 32.1 Å². The third-order valence-electron chi connectivity index (χ3n) is 15.3. The molecule has 588 valence electrons. The summed E-state index contributed by atoms with van der Waals surface area (Å²) in [6.07, 6.45) is 90.3. The van der Waals surface area contributed by atoms with Gasteiger partial charge in [-0.25, -0.2) is 9.13 Å². The van der Waals surface area contributed by atoms with Gasteiger partial charge in [-0.3, -0.25) is 37.3 Å². The van der Waals surface area contributed by atoms with Crippen molar-refractivity contribution in [3.05, 3.63) is 182 Å². The first-order valence-corrected chi connectivity index (χ1v) is 42.0.